The average molecular weight is 285 g/mol. The van der Waals surface area contributed by atoms with E-state index >= 15 is 0 Å². The molecule has 0 heterocycles. The molecule has 114 valence electrons. The third-order valence-corrected chi connectivity index (χ3v) is 3.75. The monoisotopic (exact) mass is 285 g/mol. The summed E-state index contributed by atoms with van der Waals surface area (Å²) in [5.41, 5.74) is 5.01. The Hall–Kier alpha value is -1.79. The largest absolute Gasteiger partial charge is 0.480 e. The Bertz CT molecular complexity index is 378. The van der Waals surface area contributed by atoms with Crippen molar-refractivity contribution >= 4 is 17.9 Å². The van der Waals surface area contributed by atoms with Crippen LogP contribution >= 0.6 is 0 Å². The summed E-state index contributed by atoms with van der Waals surface area (Å²) in [6.07, 6.45) is 5.22. The SMILES string of the molecule is CC1(CNC(=O)N[C@@H](CC(N)=O)C(=O)O)CCCCC1. The number of hydrogen-bond acceptors (Lipinski definition) is 3. The topological polar surface area (TPSA) is 122 Å². The predicted octanol–water partition coefficient (Wildman–Crippen LogP) is 0.585. The first-order valence-corrected chi connectivity index (χ1v) is 6.88. The Morgan fingerprint density at radius 2 is 1.85 bits per heavy atom. The molecule has 0 aromatic carbocycles. The number of hydrogen-bond donors (Lipinski definition) is 4. The summed E-state index contributed by atoms with van der Waals surface area (Å²) in [5.74, 6) is -2.04. The van der Waals surface area contributed by atoms with E-state index < -0.39 is 30.4 Å². The minimum Gasteiger partial charge on any atom is -0.480 e. The van der Waals surface area contributed by atoms with Gasteiger partial charge in [0.2, 0.25) is 5.91 Å². The number of amides is 3. The van der Waals surface area contributed by atoms with Gasteiger partial charge in [0.15, 0.2) is 0 Å². The fourth-order valence-corrected chi connectivity index (χ4v) is 2.49. The van der Waals surface area contributed by atoms with Crippen LogP contribution in [0.2, 0.25) is 0 Å². The van der Waals surface area contributed by atoms with Crippen molar-refractivity contribution in [2.75, 3.05) is 6.54 Å². The van der Waals surface area contributed by atoms with E-state index in [2.05, 4.69) is 17.6 Å². The molecule has 1 aliphatic carbocycles. The first-order chi connectivity index (χ1) is 9.32. The number of carboxylic acids is 1. The first-order valence-electron chi connectivity index (χ1n) is 6.88. The maximum absolute atomic E-state index is 11.7. The van der Waals surface area contributed by atoms with Gasteiger partial charge in [0, 0.05) is 6.54 Å². The molecule has 1 rings (SSSR count). The second-order valence-corrected chi connectivity index (χ2v) is 5.76. The third kappa shape index (κ3) is 5.46. The summed E-state index contributed by atoms with van der Waals surface area (Å²) in [5, 5.41) is 13.8. The van der Waals surface area contributed by atoms with Crippen molar-refractivity contribution in [3.05, 3.63) is 0 Å². The molecule has 1 fully saturated rings. The van der Waals surface area contributed by atoms with Crippen LogP contribution in [0.5, 0.6) is 0 Å². The highest BCUT2D eigenvalue weighted by molar-refractivity contribution is 5.87. The van der Waals surface area contributed by atoms with Gasteiger partial charge in [-0.25, -0.2) is 9.59 Å². The molecule has 1 saturated carbocycles. The van der Waals surface area contributed by atoms with Gasteiger partial charge in [0.1, 0.15) is 6.04 Å². The molecule has 7 heteroatoms. The molecule has 0 bridgehead atoms. The van der Waals surface area contributed by atoms with Crippen LogP contribution in [-0.4, -0.2) is 35.6 Å². The smallest absolute Gasteiger partial charge is 0.326 e. The summed E-state index contributed by atoms with van der Waals surface area (Å²) >= 11 is 0. The second-order valence-electron chi connectivity index (χ2n) is 5.76. The molecule has 0 aromatic rings. The molecule has 1 aliphatic rings. The van der Waals surface area contributed by atoms with Crippen LogP contribution in [0.3, 0.4) is 0 Å². The van der Waals surface area contributed by atoms with Crippen LogP contribution in [0.4, 0.5) is 4.79 Å². The van der Waals surface area contributed by atoms with Crippen LogP contribution < -0.4 is 16.4 Å². The standard InChI is InChI=1S/C13H23N3O4/c1-13(5-3-2-4-6-13)8-15-12(20)16-9(11(18)19)7-10(14)17/h9H,2-8H2,1H3,(H2,14,17)(H,18,19)(H2,15,16,20)/t9-/m0/s1. The van der Waals surface area contributed by atoms with E-state index in [-0.39, 0.29) is 5.41 Å². The molecule has 3 amide bonds. The second kappa shape index (κ2) is 7.12. The van der Waals surface area contributed by atoms with E-state index in [1.807, 2.05) is 0 Å². The third-order valence-electron chi connectivity index (χ3n) is 3.75. The Balaban J connectivity index is 2.41. The lowest BCUT2D eigenvalue weighted by Gasteiger charge is -2.33. The van der Waals surface area contributed by atoms with Gasteiger partial charge in [-0.15, -0.1) is 0 Å². The van der Waals surface area contributed by atoms with Crippen molar-refractivity contribution < 1.29 is 19.5 Å². The van der Waals surface area contributed by atoms with Crippen molar-refractivity contribution in [1.82, 2.24) is 10.6 Å². The van der Waals surface area contributed by atoms with Gasteiger partial charge in [-0.3, -0.25) is 4.79 Å². The molecule has 0 spiro atoms. The number of primary amides is 1. The number of aliphatic carboxylic acids is 1. The Morgan fingerprint density at radius 1 is 1.25 bits per heavy atom. The zero-order chi connectivity index (χ0) is 15.2. The van der Waals surface area contributed by atoms with E-state index in [4.69, 9.17) is 10.8 Å². The highest BCUT2D eigenvalue weighted by Gasteiger charge is 2.28. The Kier molecular flexibility index (Phi) is 5.79. The van der Waals surface area contributed by atoms with Crippen LogP contribution in [-0.2, 0) is 9.59 Å². The number of carbonyl (C=O) groups excluding carboxylic acids is 2. The summed E-state index contributed by atoms with van der Waals surface area (Å²) in [4.78, 5) is 33.3. The molecule has 0 aliphatic heterocycles. The number of nitrogens with two attached hydrogens (primary N) is 1. The van der Waals surface area contributed by atoms with Crippen molar-refractivity contribution in [3.8, 4) is 0 Å². The fourth-order valence-electron chi connectivity index (χ4n) is 2.49. The van der Waals surface area contributed by atoms with E-state index in [0.717, 1.165) is 25.7 Å². The number of carbonyl (C=O) groups is 3. The molecule has 1 atom stereocenters. The number of nitrogens with one attached hydrogen (secondary N) is 2. The lowest BCUT2D eigenvalue weighted by atomic mass is 9.76. The van der Waals surface area contributed by atoms with E-state index in [1.54, 1.807) is 0 Å². The highest BCUT2D eigenvalue weighted by atomic mass is 16.4. The zero-order valence-electron chi connectivity index (χ0n) is 11.8. The predicted molar refractivity (Wildman–Crippen MR) is 73.0 cm³/mol. The molecule has 7 nitrogen and oxygen atoms in total. The Labute approximate surface area is 118 Å². The lowest BCUT2D eigenvalue weighted by Crippen LogP contribution is -2.49. The van der Waals surface area contributed by atoms with Crippen LogP contribution in [0, 0.1) is 5.41 Å². The van der Waals surface area contributed by atoms with E-state index in [1.165, 1.54) is 6.42 Å². The molecular formula is C13H23N3O4. The molecule has 20 heavy (non-hydrogen) atoms. The van der Waals surface area contributed by atoms with Gasteiger partial charge >= 0.3 is 12.0 Å². The molecule has 0 unspecified atom stereocenters. The molecular weight excluding hydrogens is 262 g/mol. The van der Waals surface area contributed by atoms with E-state index in [0.29, 0.717) is 6.54 Å². The Morgan fingerprint density at radius 3 is 2.35 bits per heavy atom. The minimum absolute atomic E-state index is 0.0675. The fraction of sp³-hybridized carbons (Fsp3) is 0.769. The van der Waals surface area contributed by atoms with Crippen molar-refractivity contribution in [2.45, 2.75) is 51.5 Å². The maximum Gasteiger partial charge on any atom is 0.326 e. The molecule has 0 radical (unpaired) electrons. The van der Waals surface area contributed by atoms with Gasteiger partial charge in [-0.2, -0.15) is 0 Å². The van der Waals surface area contributed by atoms with Crippen molar-refractivity contribution in [1.29, 1.82) is 0 Å². The number of carboxylic acid groups (broad SMARTS) is 1. The summed E-state index contributed by atoms with van der Waals surface area (Å²) in [6, 6.07) is -1.86. The number of rotatable bonds is 6. The lowest BCUT2D eigenvalue weighted by molar-refractivity contribution is -0.140. The normalized spacial score (nSPS) is 18.9. The van der Waals surface area contributed by atoms with Crippen LogP contribution in [0.25, 0.3) is 0 Å². The van der Waals surface area contributed by atoms with E-state index in [9.17, 15) is 14.4 Å². The first kappa shape index (κ1) is 16.3. The quantitative estimate of drug-likeness (QED) is 0.570. The molecule has 0 saturated heterocycles. The highest BCUT2D eigenvalue weighted by Crippen LogP contribution is 2.34. The number of urea groups is 1. The van der Waals surface area contributed by atoms with Crippen molar-refractivity contribution in [3.63, 3.8) is 0 Å². The van der Waals surface area contributed by atoms with Gasteiger partial charge in [0.05, 0.1) is 6.42 Å². The van der Waals surface area contributed by atoms with Crippen LogP contribution in [0.15, 0.2) is 0 Å². The van der Waals surface area contributed by atoms with Gasteiger partial charge in [-0.1, -0.05) is 26.2 Å². The summed E-state index contributed by atoms with van der Waals surface area (Å²) < 4.78 is 0. The summed E-state index contributed by atoms with van der Waals surface area (Å²) in [7, 11) is 0. The molecule has 0 aromatic heterocycles. The maximum atomic E-state index is 11.7. The van der Waals surface area contributed by atoms with Crippen molar-refractivity contribution in [2.24, 2.45) is 11.1 Å². The zero-order valence-corrected chi connectivity index (χ0v) is 11.8. The van der Waals surface area contributed by atoms with Crippen LogP contribution in [0.1, 0.15) is 45.4 Å². The van der Waals surface area contributed by atoms with Gasteiger partial charge < -0.3 is 21.5 Å². The minimum atomic E-state index is -1.29. The summed E-state index contributed by atoms with van der Waals surface area (Å²) in [6.45, 7) is 2.62. The van der Waals surface area contributed by atoms with Gasteiger partial charge in [0.25, 0.3) is 0 Å². The van der Waals surface area contributed by atoms with Gasteiger partial charge in [-0.05, 0) is 18.3 Å². The average Bonchev–Trinajstić information content (AvgIpc) is 2.36. The molecule has 5 N–H and O–H groups in total.